The van der Waals surface area contributed by atoms with Crippen LogP contribution in [0, 0.1) is 12.3 Å². The second kappa shape index (κ2) is 6.61. The Hall–Kier alpha value is -1.35. The highest BCUT2D eigenvalue weighted by Crippen LogP contribution is 2.17. The number of hydrogen-bond donors (Lipinski definition) is 1. The first-order valence-corrected chi connectivity index (χ1v) is 7.93. The Labute approximate surface area is 128 Å². The third-order valence-electron chi connectivity index (χ3n) is 4.01. The highest BCUT2D eigenvalue weighted by molar-refractivity contribution is 5.81. The number of likely N-dealkylation sites (tertiary alicyclic amines) is 1. The van der Waals surface area contributed by atoms with Crippen molar-refractivity contribution in [3.05, 3.63) is 35.4 Å². The van der Waals surface area contributed by atoms with Crippen LogP contribution in [-0.2, 0) is 11.3 Å². The largest absolute Gasteiger partial charge is 0.352 e. The van der Waals surface area contributed by atoms with Gasteiger partial charge >= 0.3 is 0 Å². The molecule has 3 nitrogen and oxygen atoms in total. The second-order valence-corrected chi connectivity index (χ2v) is 7.29. The molecule has 0 spiro atoms. The number of aryl methyl sites for hydroxylation is 1. The SMILES string of the molecule is Cc1cccc(CN2CCCC(NC(=O)C(C)(C)C)C2)c1. The summed E-state index contributed by atoms with van der Waals surface area (Å²) in [5.41, 5.74) is 2.36. The molecule has 1 aliphatic rings. The zero-order valence-corrected chi connectivity index (χ0v) is 13.8. The monoisotopic (exact) mass is 288 g/mol. The molecule has 2 rings (SSSR count). The van der Waals surface area contributed by atoms with Crippen LogP contribution in [0.2, 0.25) is 0 Å². The molecule has 0 saturated carbocycles. The van der Waals surface area contributed by atoms with Crippen LogP contribution in [0.1, 0.15) is 44.7 Å². The molecule has 0 radical (unpaired) electrons. The van der Waals surface area contributed by atoms with Gasteiger partial charge in [-0.1, -0.05) is 50.6 Å². The van der Waals surface area contributed by atoms with E-state index in [-0.39, 0.29) is 17.4 Å². The van der Waals surface area contributed by atoms with Crippen molar-refractivity contribution in [3.8, 4) is 0 Å². The normalized spacial score (nSPS) is 20.3. The van der Waals surface area contributed by atoms with Gasteiger partial charge in [-0.3, -0.25) is 9.69 Å². The van der Waals surface area contributed by atoms with E-state index in [4.69, 9.17) is 0 Å². The number of nitrogens with one attached hydrogen (secondary N) is 1. The summed E-state index contributed by atoms with van der Waals surface area (Å²) in [7, 11) is 0. The first kappa shape index (κ1) is 16.0. The van der Waals surface area contributed by atoms with Crippen LogP contribution in [0.3, 0.4) is 0 Å². The van der Waals surface area contributed by atoms with Crippen LogP contribution in [-0.4, -0.2) is 29.9 Å². The van der Waals surface area contributed by atoms with Gasteiger partial charge in [0, 0.05) is 24.5 Å². The lowest BCUT2D eigenvalue weighted by Crippen LogP contribution is -2.50. The molecule has 0 aromatic heterocycles. The highest BCUT2D eigenvalue weighted by atomic mass is 16.2. The Morgan fingerprint density at radius 3 is 2.81 bits per heavy atom. The van der Waals surface area contributed by atoms with E-state index in [2.05, 4.69) is 41.4 Å². The van der Waals surface area contributed by atoms with Gasteiger partial charge in [-0.05, 0) is 31.9 Å². The molecule has 116 valence electrons. The average Bonchev–Trinajstić information content (AvgIpc) is 2.38. The Kier molecular flexibility index (Phi) is 5.04. The summed E-state index contributed by atoms with van der Waals surface area (Å²) in [5, 5.41) is 3.21. The van der Waals surface area contributed by atoms with Crippen molar-refractivity contribution < 1.29 is 4.79 Å². The molecule has 0 bridgehead atoms. The van der Waals surface area contributed by atoms with Gasteiger partial charge in [-0.25, -0.2) is 0 Å². The lowest BCUT2D eigenvalue weighted by atomic mass is 9.94. The summed E-state index contributed by atoms with van der Waals surface area (Å²) < 4.78 is 0. The van der Waals surface area contributed by atoms with E-state index in [1.165, 1.54) is 11.1 Å². The smallest absolute Gasteiger partial charge is 0.225 e. The van der Waals surface area contributed by atoms with Crippen LogP contribution in [0.25, 0.3) is 0 Å². The van der Waals surface area contributed by atoms with Crippen LogP contribution >= 0.6 is 0 Å². The first-order valence-electron chi connectivity index (χ1n) is 7.93. The van der Waals surface area contributed by atoms with Gasteiger partial charge in [0.05, 0.1) is 0 Å². The summed E-state index contributed by atoms with van der Waals surface area (Å²) in [6, 6.07) is 8.97. The third-order valence-corrected chi connectivity index (χ3v) is 4.01. The molecular formula is C18H28N2O. The number of carbonyl (C=O) groups is 1. The minimum Gasteiger partial charge on any atom is -0.352 e. The van der Waals surface area contributed by atoms with E-state index in [1.807, 2.05) is 20.8 Å². The predicted octanol–water partition coefficient (Wildman–Crippen LogP) is 3.12. The van der Waals surface area contributed by atoms with E-state index in [1.54, 1.807) is 0 Å². The highest BCUT2D eigenvalue weighted by Gasteiger charge is 2.26. The fraction of sp³-hybridized carbons (Fsp3) is 0.611. The number of amides is 1. The van der Waals surface area contributed by atoms with Crippen molar-refractivity contribution >= 4 is 5.91 Å². The van der Waals surface area contributed by atoms with Crippen LogP contribution in [0.15, 0.2) is 24.3 Å². The molecule has 1 N–H and O–H groups in total. The number of hydrogen-bond acceptors (Lipinski definition) is 2. The van der Waals surface area contributed by atoms with E-state index in [0.29, 0.717) is 0 Å². The van der Waals surface area contributed by atoms with Gasteiger partial charge in [0.2, 0.25) is 5.91 Å². The van der Waals surface area contributed by atoms with Gasteiger partial charge < -0.3 is 5.32 Å². The molecule has 1 fully saturated rings. The molecule has 1 aromatic carbocycles. The van der Waals surface area contributed by atoms with E-state index < -0.39 is 0 Å². The van der Waals surface area contributed by atoms with Gasteiger partial charge in [-0.2, -0.15) is 0 Å². The van der Waals surface area contributed by atoms with Crippen molar-refractivity contribution in [3.63, 3.8) is 0 Å². The Morgan fingerprint density at radius 1 is 1.38 bits per heavy atom. The maximum Gasteiger partial charge on any atom is 0.225 e. The van der Waals surface area contributed by atoms with Crippen LogP contribution in [0.4, 0.5) is 0 Å². The van der Waals surface area contributed by atoms with E-state index in [9.17, 15) is 4.79 Å². The van der Waals surface area contributed by atoms with E-state index in [0.717, 1.165) is 32.5 Å². The third kappa shape index (κ3) is 4.85. The fourth-order valence-electron chi connectivity index (χ4n) is 2.79. The quantitative estimate of drug-likeness (QED) is 0.927. The molecule has 1 unspecified atom stereocenters. The standard InChI is InChI=1S/C18H28N2O/c1-14-7-5-8-15(11-14)12-20-10-6-9-16(13-20)19-17(21)18(2,3)4/h5,7-8,11,16H,6,9-10,12-13H2,1-4H3,(H,19,21). The summed E-state index contributed by atoms with van der Waals surface area (Å²) in [5.74, 6) is 0.157. The maximum absolute atomic E-state index is 12.1. The predicted molar refractivity (Wildman–Crippen MR) is 87.1 cm³/mol. The Morgan fingerprint density at radius 2 is 2.14 bits per heavy atom. The zero-order valence-electron chi connectivity index (χ0n) is 13.8. The van der Waals surface area contributed by atoms with E-state index >= 15 is 0 Å². The average molecular weight is 288 g/mol. The number of carbonyl (C=O) groups excluding carboxylic acids is 1. The molecule has 21 heavy (non-hydrogen) atoms. The second-order valence-electron chi connectivity index (χ2n) is 7.29. The number of piperidine rings is 1. The lowest BCUT2D eigenvalue weighted by Gasteiger charge is -2.34. The molecule has 1 atom stereocenters. The lowest BCUT2D eigenvalue weighted by molar-refractivity contribution is -0.129. The van der Waals surface area contributed by atoms with Gasteiger partial charge in [0.1, 0.15) is 0 Å². The molecule has 1 amide bonds. The van der Waals surface area contributed by atoms with Crippen LogP contribution in [0.5, 0.6) is 0 Å². The van der Waals surface area contributed by atoms with Gasteiger partial charge in [0.25, 0.3) is 0 Å². The molecule has 1 aromatic rings. The molecule has 1 saturated heterocycles. The summed E-state index contributed by atoms with van der Waals surface area (Å²) in [6.45, 7) is 11.1. The molecule has 1 heterocycles. The summed E-state index contributed by atoms with van der Waals surface area (Å²) in [6.07, 6.45) is 2.24. The Bertz CT molecular complexity index is 490. The van der Waals surface area contributed by atoms with Gasteiger partial charge in [-0.15, -0.1) is 0 Å². The van der Waals surface area contributed by atoms with Crippen molar-refractivity contribution in [1.82, 2.24) is 10.2 Å². The number of benzene rings is 1. The van der Waals surface area contributed by atoms with Crippen molar-refractivity contribution in [2.24, 2.45) is 5.41 Å². The summed E-state index contributed by atoms with van der Waals surface area (Å²) in [4.78, 5) is 14.6. The minimum absolute atomic E-state index is 0.157. The molecule has 1 aliphatic heterocycles. The maximum atomic E-state index is 12.1. The number of rotatable bonds is 3. The number of nitrogens with zero attached hydrogens (tertiary/aromatic N) is 1. The van der Waals surface area contributed by atoms with Crippen molar-refractivity contribution in [1.29, 1.82) is 0 Å². The van der Waals surface area contributed by atoms with Crippen molar-refractivity contribution in [2.45, 2.75) is 53.1 Å². The Balaban J connectivity index is 1.90. The topological polar surface area (TPSA) is 32.3 Å². The van der Waals surface area contributed by atoms with Gasteiger partial charge in [0.15, 0.2) is 0 Å². The fourth-order valence-corrected chi connectivity index (χ4v) is 2.79. The molecule has 0 aliphatic carbocycles. The molecular weight excluding hydrogens is 260 g/mol. The summed E-state index contributed by atoms with van der Waals surface area (Å²) >= 11 is 0. The zero-order chi connectivity index (χ0) is 15.5. The molecule has 3 heteroatoms. The van der Waals surface area contributed by atoms with Crippen molar-refractivity contribution in [2.75, 3.05) is 13.1 Å². The minimum atomic E-state index is -0.307. The first-order chi connectivity index (χ1) is 9.84. The van der Waals surface area contributed by atoms with Crippen LogP contribution < -0.4 is 5.32 Å².